The molecule has 1 aromatic carbocycles. The first-order valence-electron chi connectivity index (χ1n) is 10.3. The quantitative estimate of drug-likeness (QED) is 0.502. The number of nitrogens with one attached hydrogen (secondary N) is 2. The Labute approximate surface area is 182 Å². The van der Waals surface area contributed by atoms with Gasteiger partial charge in [0.2, 0.25) is 5.56 Å². The van der Waals surface area contributed by atoms with Gasteiger partial charge < -0.3 is 19.6 Å². The predicted octanol–water partition coefficient (Wildman–Crippen LogP) is 4.29. The van der Waals surface area contributed by atoms with Gasteiger partial charge in [0.05, 0.1) is 24.6 Å². The molecule has 3 aromatic heterocycles. The lowest BCUT2D eigenvalue weighted by molar-refractivity contribution is 0.102. The van der Waals surface area contributed by atoms with Gasteiger partial charge in [-0.05, 0) is 49.2 Å². The van der Waals surface area contributed by atoms with E-state index in [0.29, 0.717) is 35.6 Å². The predicted molar refractivity (Wildman–Crippen MR) is 121 cm³/mol. The number of H-pyrrole nitrogens is 1. The second-order valence-electron chi connectivity index (χ2n) is 7.97. The highest BCUT2D eigenvalue weighted by Crippen LogP contribution is 2.29. The van der Waals surface area contributed by atoms with Crippen LogP contribution in [0.15, 0.2) is 64.3 Å². The first kappa shape index (κ1) is 20.0. The Morgan fingerprint density at radius 1 is 1.25 bits per heavy atom. The summed E-state index contributed by atoms with van der Waals surface area (Å²) in [6.45, 7) is 2.56. The summed E-state index contributed by atoms with van der Waals surface area (Å²) >= 11 is 0. The average molecular weight is 432 g/mol. The van der Waals surface area contributed by atoms with Gasteiger partial charge in [-0.1, -0.05) is 0 Å². The summed E-state index contributed by atoms with van der Waals surface area (Å²) in [5.74, 6) is 0.109. The number of hydrogen-bond donors (Lipinski definition) is 2. The number of fused-ring (bicyclic) bond motifs is 1. The molecular weight excluding hydrogens is 411 g/mol. The molecule has 1 unspecified atom stereocenters. The molecule has 1 amide bonds. The van der Waals surface area contributed by atoms with Gasteiger partial charge in [0.15, 0.2) is 0 Å². The number of anilines is 2. The monoisotopic (exact) mass is 432 g/mol. The van der Waals surface area contributed by atoms with E-state index in [1.54, 1.807) is 47.9 Å². The second kappa shape index (κ2) is 7.96. The van der Waals surface area contributed by atoms with Gasteiger partial charge in [-0.3, -0.25) is 9.59 Å². The lowest BCUT2D eigenvalue weighted by atomic mass is 10.1. The van der Waals surface area contributed by atoms with Crippen molar-refractivity contribution in [2.24, 2.45) is 0 Å². The summed E-state index contributed by atoms with van der Waals surface area (Å²) in [6, 6.07) is 10.4. The minimum absolute atomic E-state index is 0.171. The molecule has 162 valence electrons. The molecule has 4 aromatic rings. The number of aromatic nitrogens is 2. The van der Waals surface area contributed by atoms with E-state index in [4.69, 9.17) is 4.42 Å². The molecule has 4 heterocycles. The SMILES string of the molecule is Cc1cc(=O)[nH]c2ccc(NC(=O)c3cc(-c4ccoc4)cnc3N3CCC(F)C3)cc12. The number of rotatable bonds is 4. The van der Waals surface area contributed by atoms with Gasteiger partial charge in [0.1, 0.15) is 12.0 Å². The lowest BCUT2D eigenvalue weighted by Crippen LogP contribution is -2.25. The number of furan rings is 1. The number of halogens is 1. The zero-order valence-corrected chi connectivity index (χ0v) is 17.4. The zero-order valence-electron chi connectivity index (χ0n) is 17.4. The van der Waals surface area contributed by atoms with Crippen LogP contribution < -0.4 is 15.8 Å². The van der Waals surface area contributed by atoms with Gasteiger partial charge >= 0.3 is 0 Å². The van der Waals surface area contributed by atoms with Crippen LogP contribution in [0.3, 0.4) is 0 Å². The van der Waals surface area contributed by atoms with E-state index >= 15 is 0 Å². The Kier molecular flexibility index (Phi) is 4.97. The van der Waals surface area contributed by atoms with Gasteiger partial charge in [-0.15, -0.1) is 0 Å². The summed E-state index contributed by atoms with van der Waals surface area (Å²) in [6.07, 6.45) is 4.27. The van der Waals surface area contributed by atoms with Crippen LogP contribution in [-0.2, 0) is 0 Å². The Morgan fingerprint density at radius 3 is 2.88 bits per heavy atom. The molecule has 1 fully saturated rings. The lowest BCUT2D eigenvalue weighted by Gasteiger charge is -2.20. The smallest absolute Gasteiger partial charge is 0.259 e. The molecule has 0 aliphatic carbocycles. The van der Waals surface area contributed by atoms with Crippen molar-refractivity contribution < 1.29 is 13.6 Å². The number of carbonyl (C=O) groups is 1. The molecule has 1 saturated heterocycles. The Hall–Kier alpha value is -3.94. The maximum Gasteiger partial charge on any atom is 0.259 e. The van der Waals surface area contributed by atoms with Crippen molar-refractivity contribution in [3.63, 3.8) is 0 Å². The van der Waals surface area contributed by atoms with Crippen LogP contribution in [0.4, 0.5) is 15.9 Å². The van der Waals surface area contributed by atoms with Gasteiger partial charge in [0.25, 0.3) is 5.91 Å². The minimum atomic E-state index is -0.938. The van der Waals surface area contributed by atoms with Crippen LogP contribution in [0.1, 0.15) is 22.3 Å². The van der Waals surface area contributed by atoms with E-state index in [2.05, 4.69) is 15.3 Å². The third kappa shape index (κ3) is 3.75. The topological polar surface area (TPSA) is 91.2 Å². The third-order valence-electron chi connectivity index (χ3n) is 5.70. The third-order valence-corrected chi connectivity index (χ3v) is 5.70. The summed E-state index contributed by atoms with van der Waals surface area (Å²) in [5, 5.41) is 3.77. The number of benzene rings is 1. The molecule has 1 aliphatic heterocycles. The van der Waals surface area contributed by atoms with Gasteiger partial charge in [0, 0.05) is 46.5 Å². The van der Waals surface area contributed by atoms with Crippen LogP contribution in [0, 0.1) is 6.92 Å². The Morgan fingerprint density at radius 2 is 2.12 bits per heavy atom. The van der Waals surface area contributed by atoms with Crippen LogP contribution in [0.5, 0.6) is 0 Å². The Balaban J connectivity index is 1.52. The van der Waals surface area contributed by atoms with Crippen LogP contribution in [0.2, 0.25) is 0 Å². The van der Waals surface area contributed by atoms with Crippen LogP contribution >= 0.6 is 0 Å². The van der Waals surface area contributed by atoms with Crippen molar-refractivity contribution >= 4 is 28.3 Å². The molecule has 0 spiro atoms. The van der Waals surface area contributed by atoms with Crippen molar-refractivity contribution in [1.29, 1.82) is 0 Å². The first-order chi connectivity index (χ1) is 15.5. The Bertz CT molecular complexity index is 1360. The fraction of sp³-hybridized carbons (Fsp3) is 0.208. The van der Waals surface area contributed by atoms with E-state index in [9.17, 15) is 14.0 Å². The minimum Gasteiger partial charge on any atom is -0.472 e. The number of hydrogen-bond acceptors (Lipinski definition) is 5. The molecule has 1 aliphatic rings. The number of amides is 1. The number of carbonyl (C=O) groups excluding carboxylic acids is 1. The first-order valence-corrected chi connectivity index (χ1v) is 10.3. The van der Waals surface area contributed by atoms with E-state index in [-0.39, 0.29) is 18.0 Å². The molecular formula is C24H21FN4O3. The standard InChI is InChI=1S/C24H21FN4O3/c1-14-8-22(30)28-21-3-2-18(10-19(14)21)27-24(31)20-9-16(15-5-7-32-13-15)11-26-23(20)29-6-4-17(25)12-29/h2-3,5,7-11,13,17H,4,6,12H2,1H3,(H,27,31)(H,28,30). The highest BCUT2D eigenvalue weighted by Gasteiger charge is 2.27. The molecule has 0 radical (unpaired) electrons. The number of pyridine rings is 2. The van der Waals surface area contributed by atoms with Gasteiger partial charge in [-0.25, -0.2) is 9.37 Å². The van der Waals surface area contributed by atoms with Gasteiger partial charge in [-0.2, -0.15) is 0 Å². The molecule has 2 N–H and O–H groups in total. The maximum absolute atomic E-state index is 13.8. The molecule has 5 rings (SSSR count). The molecule has 1 atom stereocenters. The van der Waals surface area contributed by atoms with Crippen molar-refractivity contribution in [1.82, 2.24) is 9.97 Å². The normalized spacial score (nSPS) is 15.9. The average Bonchev–Trinajstić information content (AvgIpc) is 3.46. The molecule has 32 heavy (non-hydrogen) atoms. The van der Waals surface area contributed by atoms with Crippen molar-refractivity contribution in [3.8, 4) is 11.1 Å². The number of nitrogens with zero attached hydrogens (tertiary/aromatic N) is 2. The van der Waals surface area contributed by atoms with E-state index in [1.165, 1.54) is 6.07 Å². The highest BCUT2D eigenvalue weighted by atomic mass is 19.1. The highest BCUT2D eigenvalue weighted by molar-refractivity contribution is 6.09. The summed E-state index contributed by atoms with van der Waals surface area (Å²) in [5.41, 5.74) is 3.82. The molecule has 0 saturated carbocycles. The van der Waals surface area contributed by atoms with E-state index in [0.717, 1.165) is 22.1 Å². The summed E-state index contributed by atoms with van der Waals surface area (Å²) < 4.78 is 19.0. The summed E-state index contributed by atoms with van der Waals surface area (Å²) in [4.78, 5) is 34.1. The molecule has 8 heteroatoms. The molecule has 0 bridgehead atoms. The zero-order chi connectivity index (χ0) is 22.2. The van der Waals surface area contributed by atoms with Crippen molar-refractivity contribution in [2.75, 3.05) is 23.3 Å². The van der Waals surface area contributed by atoms with Crippen molar-refractivity contribution in [3.05, 3.63) is 76.6 Å². The second-order valence-corrected chi connectivity index (χ2v) is 7.97. The van der Waals surface area contributed by atoms with Crippen molar-refractivity contribution in [2.45, 2.75) is 19.5 Å². The van der Waals surface area contributed by atoms with Crippen LogP contribution in [0.25, 0.3) is 22.0 Å². The largest absolute Gasteiger partial charge is 0.472 e. The fourth-order valence-electron chi connectivity index (χ4n) is 4.07. The van der Waals surface area contributed by atoms with Crippen LogP contribution in [-0.4, -0.2) is 35.1 Å². The number of aromatic amines is 1. The van der Waals surface area contributed by atoms with E-state index < -0.39 is 6.17 Å². The fourth-order valence-corrected chi connectivity index (χ4v) is 4.07. The maximum atomic E-state index is 13.8. The number of alkyl halides is 1. The summed E-state index contributed by atoms with van der Waals surface area (Å²) in [7, 11) is 0. The number of aryl methyl sites for hydroxylation is 1. The van der Waals surface area contributed by atoms with E-state index in [1.807, 2.05) is 13.0 Å². The molecule has 7 nitrogen and oxygen atoms in total.